The van der Waals surface area contributed by atoms with Crippen molar-refractivity contribution in [3.05, 3.63) is 0 Å². The molecule has 1 aliphatic heterocycles. The second-order valence-electron chi connectivity index (χ2n) is 3.96. The monoisotopic (exact) mass is 206 g/mol. The number of carbonyl (C=O) groups excluding carboxylic acids is 1. The second kappa shape index (κ2) is 3.81. The molecule has 0 aromatic carbocycles. The van der Waals surface area contributed by atoms with Crippen LogP contribution in [0.25, 0.3) is 0 Å². The van der Waals surface area contributed by atoms with Gasteiger partial charge in [-0.25, -0.2) is 8.78 Å². The van der Waals surface area contributed by atoms with Gasteiger partial charge in [-0.3, -0.25) is 4.79 Å². The van der Waals surface area contributed by atoms with E-state index in [0.29, 0.717) is 0 Å². The van der Waals surface area contributed by atoms with Crippen LogP contribution in [0.15, 0.2) is 0 Å². The van der Waals surface area contributed by atoms with E-state index in [4.69, 9.17) is 5.73 Å². The van der Waals surface area contributed by atoms with Gasteiger partial charge in [0.05, 0.1) is 19.1 Å². The number of alkyl halides is 2. The highest BCUT2D eigenvalue weighted by atomic mass is 19.3. The van der Waals surface area contributed by atoms with Crippen LogP contribution in [0, 0.1) is 5.92 Å². The summed E-state index contributed by atoms with van der Waals surface area (Å²) in [5, 5.41) is 0. The molecule has 1 fully saturated rings. The van der Waals surface area contributed by atoms with Gasteiger partial charge in [0.2, 0.25) is 5.91 Å². The number of nitrogens with two attached hydrogens (primary N) is 1. The lowest BCUT2D eigenvalue weighted by Gasteiger charge is -2.40. The van der Waals surface area contributed by atoms with E-state index in [1.54, 1.807) is 0 Å². The van der Waals surface area contributed by atoms with E-state index < -0.39 is 25.1 Å². The molecule has 1 amide bonds. The van der Waals surface area contributed by atoms with Crippen LogP contribution in [-0.4, -0.2) is 35.9 Å². The third kappa shape index (κ3) is 2.20. The number of halogens is 2. The normalized spacial score (nSPS) is 23.9. The number of rotatable bonds is 3. The molecule has 0 aromatic rings. The zero-order chi connectivity index (χ0) is 10.9. The van der Waals surface area contributed by atoms with Gasteiger partial charge in [-0.2, -0.15) is 0 Å². The van der Waals surface area contributed by atoms with E-state index in [0.717, 1.165) is 11.3 Å². The van der Waals surface area contributed by atoms with Crippen molar-refractivity contribution in [2.24, 2.45) is 11.7 Å². The summed E-state index contributed by atoms with van der Waals surface area (Å²) in [6.45, 7) is 2.81. The maximum atomic E-state index is 12.5. The first-order valence-electron chi connectivity index (χ1n) is 4.79. The minimum Gasteiger partial charge on any atom is -0.329 e. The molecule has 0 saturated carbocycles. The van der Waals surface area contributed by atoms with E-state index in [1.807, 2.05) is 13.8 Å². The van der Waals surface area contributed by atoms with Gasteiger partial charge in [-0.05, 0) is 5.92 Å². The molecule has 0 radical (unpaired) electrons. The Bertz CT molecular complexity index is 225. The molecule has 2 atom stereocenters. The van der Waals surface area contributed by atoms with Gasteiger partial charge >= 0.3 is 0 Å². The van der Waals surface area contributed by atoms with Gasteiger partial charge in [0.1, 0.15) is 0 Å². The molecule has 0 spiro atoms. The first kappa shape index (κ1) is 11.4. The van der Waals surface area contributed by atoms with Crippen molar-refractivity contribution in [1.29, 1.82) is 0 Å². The van der Waals surface area contributed by atoms with Crippen LogP contribution >= 0.6 is 0 Å². The predicted octanol–water partition coefficient (Wildman–Crippen LogP) is 0.837. The third-order valence-electron chi connectivity index (χ3n) is 2.70. The summed E-state index contributed by atoms with van der Waals surface area (Å²) in [6, 6.07) is -0.643. The maximum Gasteiger partial charge on any atom is 0.282 e. The molecule has 1 rings (SSSR count). The standard InChI is InChI=1S/C9H16F2N2O/c1-3-6(2)7(12)8(14)13-4-9(10,11)5-13/h6-7H,3-5,12H2,1-2H3/t6-,7+/m1/s1. The van der Waals surface area contributed by atoms with Gasteiger partial charge in [0.15, 0.2) is 0 Å². The lowest BCUT2D eigenvalue weighted by atomic mass is 9.97. The first-order chi connectivity index (χ1) is 6.37. The first-order valence-corrected chi connectivity index (χ1v) is 4.79. The highest BCUT2D eigenvalue weighted by molar-refractivity contribution is 5.82. The number of likely N-dealkylation sites (tertiary alicyclic amines) is 1. The smallest absolute Gasteiger partial charge is 0.282 e. The maximum absolute atomic E-state index is 12.5. The van der Waals surface area contributed by atoms with Crippen LogP contribution in [0.4, 0.5) is 8.78 Å². The van der Waals surface area contributed by atoms with Crippen molar-refractivity contribution in [2.45, 2.75) is 32.2 Å². The molecule has 1 aliphatic rings. The summed E-state index contributed by atoms with van der Waals surface area (Å²) in [7, 11) is 0. The van der Waals surface area contributed by atoms with Crippen molar-refractivity contribution in [3.63, 3.8) is 0 Å². The molecule has 1 saturated heterocycles. The summed E-state index contributed by atoms with van der Waals surface area (Å²) < 4.78 is 24.9. The lowest BCUT2D eigenvalue weighted by Crippen LogP contribution is -2.62. The van der Waals surface area contributed by atoms with Crippen LogP contribution < -0.4 is 5.73 Å². The van der Waals surface area contributed by atoms with Gasteiger partial charge in [-0.1, -0.05) is 20.3 Å². The predicted molar refractivity (Wildman–Crippen MR) is 49.0 cm³/mol. The Morgan fingerprint density at radius 3 is 2.43 bits per heavy atom. The summed E-state index contributed by atoms with van der Waals surface area (Å²) >= 11 is 0. The van der Waals surface area contributed by atoms with E-state index >= 15 is 0 Å². The highest BCUT2D eigenvalue weighted by Gasteiger charge is 2.47. The summed E-state index contributed by atoms with van der Waals surface area (Å²) in [5.41, 5.74) is 5.63. The summed E-state index contributed by atoms with van der Waals surface area (Å²) in [5.74, 6) is -3.02. The minimum atomic E-state index is -2.70. The molecule has 0 bridgehead atoms. The highest BCUT2D eigenvalue weighted by Crippen LogP contribution is 2.27. The Morgan fingerprint density at radius 2 is 2.07 bits per heavy atom. The summed E-state index contributed by atoms with van der Waals surface area (Å²) in [4.78, 5) is 12.6. The fourth-order valence-electron chi connectivity index (χ4n) is 1.38. The topological polar surface area (TPSA) is 46.3 Å². The molecule has 0 aliphatic carbocycles. The van der Waals surface area contributed by atoms with Crippen molar-refractivity contribution < 1.29 is 13.6 Å². The van der Waals surface area contributed by atoms with E-state index in [2.05, 4.69) is 0 Å². The third-order valence-corrected chi connectivity index (χ3v) is 2.70. The Kier molecular flexibility index (Phi) is 3.09. The Balaban J connectivity index is 2.44. The van der Waals surface area contributed by atoms with Gasteiger partial charge in [0, 0.05) is 0 Å². The Hall–Kier alpha value is -0.710. The zero-order valence-corrected chi connectivity index (χ0v) is 8.46. The quantitative estimate of drug-likeness (QED) is 0.743. The molecule has 5 heteroatoms. The van der Waals surface area contributed by atoms with E-state index in [-0.39, 0.29) is 11.8 Å². The largest absolute Gasteiger partial charge is 0.329 e. The summed E-state index contributed by atoms with van der Waals surface area (Å²) in [6.07, 6.45) is 0.775. The molecular formula is C9H16F2N2O. The molecule has 82 valence electrons. The van der Waals surface area contributed by atoms with E-state index in [1.165, 1.54) is 0 Å². The van der Waals surface area contributed by atoms with Crippen LogP contribution in [0.1, 0.15) is 20.3 Å². The van der Waals surface area contributed by atoms with Crippen molar-refractivity contribution in [3.8, 4) is 0 Å². The number of hydrogen-bond donors (Lipinski definition) is 1. The average Bonchev–Trinajstić information content (AvgIpc) is 2.10. The second-order valence-corrected chi connectivity index (χ2v) is 3.96. The van der Waals surface area contributed by atoms with Crippen molar-refractivity contribution in [2.75, 3.05) is 13.1 Å². The van der Waals surface area contributed by atoms with Gasteiger partial charge in [-0.15, -0.1) is 0 Å². The zero-order valence-electron chi connectivity index (χ0n) is 8.46. The number of hydrogen-bond acceptors (Lipinski definition) is 2. The number of carbonyl (C=O) groups is 1. The van der Waals surface area contributed by atoms with Crippen LogP contribution in [0.3, 0.4) is 0 Å². The van der Waals surface area contributed by atoms with Crippen LogP contribution in [-0.2, 0) is 4.79 Å². The van der Waals surface area contributed by atoms with Crippen LogP contribution in [0.2, 0.25) is 0 Å². The molecule has 2 N–H and O–H groups in total. The molecule has 3 nitrogen and oxygen atoms in total. The Morgan fingerprint density at radius 1 is 1.57 bits per heavy atom. The molecular weight excluding hydrogens is 190 g/mol. The van der Waals surface area contributed by atoms with Gasteiger partial charge < -0.3 is 10.6 Å². The molecule has 1 heterocycles. The molecule has 14 heavy (non-hydrogen) atoms. The van der Waals surface area contributed by atoms with Crippen molar-refractivity contribution in [1.82, 2.24) is 4.90 Å². The van der Waals surface area contributed by atoms with Crippen LogP contribution in [0.5, 0.6) is 0 Å². The molecule has 0 unspecified atom stereocenters. The minimum absolute atomic E-state index is 0.0386. The SMILES string of the molecule is CC[C@@H](C)[C@H](N)C(=O)N1CC(F)(F)C1. The van der Waals surface area contributed by atoms with Gasteiger partial charge in [0.25, 0.3) is 5.92 Å². The van der Waals surface area contributed by atoms with E-state index in [9.17, 15) is 13.6 Å². The lowest BCUT2D eigenvalue weighted by molar-refractivity contribution is -0.167. The fraction of sp³-hybridized carbons (Fsp3) is 0.889. The average molecular weight is 206 g/mol. The van der Waals surface area contributed by atoms with Crippen molar-refractivity contribution >= 4 is 5.91 Å². The number of amides is 1. The fourth-order valence-corrected chi connectivity index (χ4v) is 1.38. The molecule has 0 aromatic heterocycles. The number of nitrogens with zero attached hydrogens (tertiary/aromatic N) is 1. The Labute approximate surface area is 82.2 Å².